The van der Waals surface area contributed by atoms with Crippen LogP contribution in [0.4, 0.5) is 11.6 Å². The summed E-state index contributed by atoms with van der Waals surface area (Å²) in [4.78, 5) is 11.3. The highest BCUT2D eigenvalue weighted by atomic mass is 16.5. The zero-order chi connectivity index (χ0) is 17.5. The van der Waals surface area contributed by atoms with Crippen LogP contribution in [0, 0.1) is 6.92 Å². The summed E-state index contributed by atoms with van der Waals surface area (Å²) >= 11 is 0. The van der Waals surface area contributed by atoms with Crippen molar-refractivity contribution in [1.29, 1.82) is 0 Å². The molecule has 3 rings (SSSR count). The van der Waals surface area contributed by atoms with Crippen molar-refractivity contribution in [1.82, 2.24) is 9.97 Å². The van der Waals surface area contributed by atoms with Crippen LogP contribution < -0.4 is 16.1 Å². The van der Waals surface area contributed by atoms with Crippen LogP contribution in [0.15, 0.2) is 35.4 Å². The standard InChI is InChI=1S/C18H24N6O/c1-14-3-2-4-15(11-14)13-20-23-17-12-18(22-16(21-17)5-6-19)24-7-9-25-10-8-24/h2-4,11-13H,5-10,19H2,1H3,(H,21,22,23). The number of aryl methyl sites for hydroxylation is 1. The second-order valence-electron chi connectivity index (χ2n) is 5.95. The van der Waals surface area contributed by atoms with Gasteiger partial charge in [0.2, 0.25) is 0 Å². The summed E-state index contributed by atoms with van der Waals surface area (Å²) in [6.07, 6.45) is 2.42. The molecule has 1 saturated heterocycles. The first-order chi connectivity index (χ1) is 12.2. The van der Waals surface area contributed by atoms with Crippen LogP contribution >= 0.6 is 0 Å². The molecule has 132 valence electrons. The average Bonchev–Trinajstić information content (AvgIpc) is 2.63. The lowest BCUT2D eigenvalue weighted by molar-refractivity contribution is 0.122. The van der Waals surface area contributed by atoms with E-state index < -0.39 is 0 Å². The van der Waals surface area contributed by atoms with Gasteiger partial charge in [0.1, 0.15) is 11.6 Å². The maximum absolute atomic E-state index is 5.67. The average molecular weight is 340 g/mol. The molecular formula is C18H24N6O. The van der Waals surface area contributed by atoms with E-state index in [9.17, 15) is 0 Å². The Bertz CT molecular complexity index is 727. The SMILES string of the molecule is Cc1cccc(C=NNc2cc(N3CCOCC3)nc(CCN)n2)c1. The van der Waals surface area contributed by atoms with Crippen LogP contribution in [-0.4, -0.2) is 49.0 Å². The summed E-state index contributed by atoms with van der Waals surface area (Å²) in [5.74, 6) is 2.28. The largest absolute Gasteiger partial charge is 0.378 e. The first-order valence-corrected chi connectivity index (χ1v) is 8.51. The van der Waals surface area contributed by atoms with Gasteiger partial charge >= 0.3 is 0 Å². The van der Waals surface area contributed by atoms with Gasteiger partial charge in [-0.05, 0) is 19.0 Å². The van der Waals surface area contributed by atoms with E-state index in [0.717, 1.165) is 30.3 Å². The molecule has 1 fully saturated rings. The minimum absolute atomic E-state index is 0.512. The fraction of sp³-hybridized carbons (Fsp3) is 0.389. The Morgan fingerprint density at radius 1 is 1.28 bits per heavy atom. The molecule has 0 aliphatic carbocycles. The zero-order valence-electron chi connectivity index (χ0n) is 14.5. The summed E-state index contributed by atoms with van der Waals surface area (Å²) < 4.78 is 5.41. The minimum atomic E-state index is 0.512. The van der Waals surface area contributed by atoms with Crippen LogP contribution in [0.25, 0.3) is 0 Å². The number of rotatable bonds is 6. The molecule has 0 spiro atoms. The van der Waals surface area contributed by atoms with Gasteiger partial charge in [0.15, 0.2) is 5.82 Å². The van der Waals surface area contributed by atoms with E-state index in [0.29, 0.717) is 32.0 Å². The van der Waals surface area contributed by atoms with Crippen molar-refractivity contribution in [3.8, 4) is 0 Å². The third-order valence-electron chi connectivity index (χ3n) is 3.90. The number of anilines is 2. The highest BCUT2D eigenvalue weighted by Crippen LogP contribution is 2.17. The number of hydrazone groups is 1. The second-order valence-corrected chi connectivity index (χ2v) is 5.95. The van der Waals surface area contributed by atoms with E-state index in [1.807, 2.05) is 18.2 Å². The molecule has 0 atom stereocenters. The van der Waals surface area contributed by atoms with Gasteiger partial charge in [-0.2, -0.15) is 5.10 Å². The number of aromatic nitrogens is 2. The number of nitrogens with one attached hydrogen (secondary N) is 1. The fourth-order valence-electron chi connectivity index (χ4n) is 2.66. The van der Waals surface area contributed by atoms with Crippen LogP contribution in [0.1, 0.15) is 17.0 Å². The molecule has 3 N–H and O–H groups in total. The van der Waals surface area contributed by atoms with Crippen LogP contribution in [0.2, 0.25) is 0 Å². The lowest BCUT2D eigenvalue weighted by atomic mass is 10.2. The molecule has 0 saturated carbocycles. The van der Waals surface area contributed by atoms with Crippen molar-refractivity contribution in [2.45, 2.75) is 13.3 Å². The molecule has 2 aromatic rings. The molecule has 0 amide bonds. The van der Waals surface area contributed by atoms with Crippen molar-refractivity contribution in [2.75, 3.05) is 43.2 Å². The van der Waals surface area contributed by atoms with E-state index >= 15 is 0 Å². The molecule has 0 unspecified atom stereocenters. The monoisotopic (exact) mass is 340 g/mol. The number of nitrogens with two attached hydrogens (primary N) is 1. The normalized spacial score (nSPS) is 14.9. The fourth-order valence-corrected chi connectivity index (χ4v) is 2.66. The minimum Gasteiger partial charge on any atom is -0.378 e. The molecule has 2 heterocycles. The predicted octanol–water partition coefficient (Wildman–Crippen LogP) is 1.57. The number of hydrogen-bond acceptors (Lipinski definition) is 7. The van der Waals surface area contributed by atoms with Gasteiger partial charge < -0.3 is 15.4 Å². The summed E-state index contributed by atoms with van der Waals surface area (Å²) in [5.41, 5.74) is 10.9. The number of ether oxygens (including phenoxy) is 1. The van der Waals surface area contributed by atoms with Gasteiger partial charge in [-0.15, -0.1) is 0 Å². The van der Waals surface area contributed by atoms with Gasteiger partial charge in [-0.3, -0.25) is 5.43 Å². The molecule has 25 heavy (non-hydrogen) atoms. The smallest absolute Gasteiger partial charge is 0.152 e. The Labute approximate surface area is 147 Å². The van der Waals surface area contributed by atoms with E-state index in [2.05, 4.69) is 44.5 Å². The first kappa shape index (κ1) is 17.3. The second kappa shape index (κ2) is 8.55. The number of morpholine rings is 1. The molecule has 0 bridgehead atoms. The third kappa shape index (κ3) is 4.98. The number of hydrogen-bond donors (Lipinski definition) is 2. The van der Waals surface area contributed by atoms with E-state index in [1.54, 1.807) is 6.21 Å². The Morgan fingerprint density at radius 3 is 2.88 bits per heavy atom. The lowest BCUT2D eigenvalue weighted by Crippen LogP contribution is -2.37. The van der Waals surface area contributed by atoms with Gasteiger partial charge in [0.25, 0.3) is 0 Å². The molecular weight excluding hydrogens is 316 g/mol. The number of nitrogens with zero attached hydrogens (tertiary/aromatic N) is 4. The van der Waals surface area contributed by atoms with E-state index in [4.69, 9.17) is 10.5 Å². The Hall–Kier alpha value is -2.51. The van der Waals surface area contributed by atoms with Crippen LogP contribution in [0.5, 0.6) is 0 Å². The maximum atomic E-state index is 5.67. The Balaban J connectivity index is 1.75. The summed E-state index contributed by atoms with van der Waals surface area (Å²) in [6, 6.07) is 10.1. The van der Waals surface area contributed by atoms with Crippen LogP contribution in [-0.2, 0) is 11.2 Å². The van der Waals surface area contributed by atoms with Crippen LogP contribution in [0.3, 0.4) is 0 Å². The molecule has 0 radical (unpaired) electrons. The van der Waals surface area contributed by atoms with Gasteiger partial charge in [0, 0.05) is 25.6 Å². The van der Waals surface area contributed by atoms with E-state index in [-0.39, 0.29) is 0 Å². The molecule has 7 heteroatoms. The summed E-state index contributed by atoms with van der Waals surface area (Å²) in [6.45, 7) is 5.65. The van der Waals surface area contributed by atoms with Crippen molar-refractivity contribution >= 4 is 17.9 Å². The highest BCUT2D eigenvalue weighted by Gasteiger charge is 2.14. The first-order valence-electron chi connectivity index (χ1n) is 8.51. The molecule has 1 aromatic heterocycles. The summed E-state index contributed by atoms with van der Waals surface area (Å²) in [7, 11) is 0. The maximum Gasteiger partial charge on any atom is 0.152 e. The van der Waals surface area contributed by atoms with Gasteiger partial charge in [-0.25, -0.2) is 9.97 Å². The quantitative estimate of drug-likeness (QED) is 0.613. The topological polar surface area (TPSA) is 88.7 Å². The van der Waals surface area contributed by atoms with E-state index in [1.165, 1.54) is 5.56 Å². The van der Waals surface area contributed by atoms with Crippen molar-refractivity contribution in [3.63, 3.8) is 0 Å². The third-order valence-corrected chi connectivity index (χ3v) is 3.90. The van der Waals surface area contributed by atoms with Crippen molar-refractivity contribution in [3.05, 3.63) is 47.3 Å². The van der Waals surface area contributed by atoms with Gasteiger partial charge in [0.05, 0.1) is 19.4 Å². The molecule has 1 aliphatic rings. The molecule has 1 aliphatic heterocycles. The highest BCUT2D eigenvalue weighted by molar-refractivity contribution is 5.80. The predicted molar refractivity (Wildman–Crippen MR) is 100 cm³/mol. The lowest BCUT2D eigenvalue weighted by Gasteiger charge is -2.28. The zero-order valence-corrected chi connectivity index (χ0v) is 14.5. The van der Waals surface area contributed by atoms with Crippen molar-refractivity contribution < 1.29 is 4.74 Å². The number of benzene rings is 1. The summed E-state index contributed by atoms with van der Waals surface area (Å²) in [5, 5.41) is 4.30. The molecule has 7 nitrogen and oxygen atoms in total. The Kier molecular flexibility index (Phi) is 5.92. The molecule has 1 aromatic carbocycles. The van der Waals surface area contributed by atoms with Crippen molar-refractivity contribution in [2.24, 2.45) is 10.8 Å². The Morgan fingerprint density at radius 2 is 2.12 bits per heavy atom. The van der Waals surface area contributed by atoms with Gasteiger partial charge in [-0.1, -0.05) is 29.8 Å².